The summed E-state index contributed by atoms with van der Waals surface area (Å²) in [7, 11) is 0. The van der Waals surface area contributed by atoms with E-state index in [-0.39, 0.29) is 11.7 Å². The molecule has 0 unspecified atom stereocenters. The van der Waals surface area contributed by atoms with Gasteiger partial charge in [0.2, 0.25) is 5.91 Å². The zero-order valence-corrected chi connectivity index (χ0v) is 16.7. The van der Waals surface area contributed by atoms with Gasteiger partial charge in [0.1, 0.15) is 5.75 Å². The third-order valence-electron chi connectivity index (χ3n) is 5.56. The average Bonchev–Trinajstić information content (AvgIpc) is 2.63. The lowest BCUT2D eigenvalue weighted by Crippen LogP contribution is -2.64. The van der Waals surface area contributed by atoms with E-state index in [1.165, 1.54) is 6.08 Å². The van der Waals surface area contributed by atoms with Crippen molar-refractivity contribution >= 4 is 23.2 Å². The predicted octanol–water partition coefficient (Wildman–Crippen LogP) is 2.03. The van der Waals surface area contributed by atoms with Crippen molar-refractivity contribution in [2.45, 2.75) is 19.4 Å². The number of hydrogen-bond acceptors (Lipinski definition) is 5. The number of carbonyl (C=O) groups excluding carboxylic acids is 1. The van der Waals surface area contributed by atoms with Crippen molar-refractivity contribution in [2.75, 3.05) is 57.7 Å². The quantitative estimate of drug-likeness (QED) is 0.549. The van der Waals surface area contributed by atoms with Crippen molar-refractivity contribution < 1.29 is 9.90 Å². The maximum absolute atomic E-state index is 11.5. The summed E-state index contributed by atoms with van der Waals surface area (Å²) in [5.41, 5.74) is 1.78. The van der Waals surface area contributed by atoms with Gasteiger partial charge in [-0.3, -0.25) is 14.6 Å². The van der Waals surface area contributed by atoms with Gasteiger partial charge < -0.3 is 15.3 Å². The van der Waals surface area contributed by atoms with E-state index in [1.54, 1.807) is 6.07 Å². The minimum absolute atomic E-state index is 0.0349. The number of aryl methyl sites for hydroxylation is 1. The van der Waals surface area contributed by atoms with Gasteiger partial charge in [-0.1, -0.05) is 25.1 Å². The highest BCUT2D eigenvalue weighted by atomic mass is 35.5. The summed E-state index contributed by atoms with van der Waals surface area (Å²) in [5, 5.41) is 14.0. The summed E-state index contributed by atoms with van der Waals surface area (Å²) in [6, 6.07) is 4.04. The molecule has 0 aromatic heterocycles. The lowest BCUT2D eigenvalue weighted by molar-refractivity contribution is -0.133. The van der Waals surface area contributed by atoms with Gasteiger partial charge >= 0.3 is 0 Å². The number of rotatable bonds is 7. The van der Waals surface area contributed by atoms with E-state index < -0.39 is 0 Å². The number of carbonyl (C=O) groups is 1. The number of piperazine rings is 1. The molecular weight excluding hydrogens is 364 g/mol. The lowest BCUT2D eigenvalue weighted by Gasteiger charge is -2.47. The monoisotopic (exact) mass is 392 g/mol. The van der Waals surface area contributed by atoms with Gasteiger partial charge in [0.05, 0.1) is 5.69 Å². The van der Waals surface area contributed by atoms with Crippen molar-refractivity contribution in [3.8, 4) is 5.75 Å². The molecule has 3 rings (SSSR count). The van der Waals surface area contributed by atoms with Crippen molar-refractivity contribution in [1.29, 1.82) is 0 Å². The highest BCUT2D eigenvalue weighted by Crippen LogP contribution is 2.30. The van der Waals surface area contributed by atoms with Crippen LogP contribution in [0.2, 0.25) is 5.02 Å². The molecule has 2 fully saturated rings. The molecule has 148 valence electrons. The van der Waals surface area contributed by atoms with Gasteiger partial charge in [0.25, 0.3) is 0 Å². The van der Waals surface area contributed by atoms with Crippen LogP contribution < -0.4 is 5.32 Å². The van der Waals surface area contributed by atoms with E-state index in [1.807, 2.05) is 11.0 Å². The Morgan fingerprint density at radius 1 is 1.33 bits per heavy atom. The van der Waals surface area contributed by atoms with E-state index >= 15 is 0 Å². The number of anilines is 1. The Labute approximate surface area is 166 Å². The first kappa shape index (κ1) is 20.0. The highest BCUT2D eigenvalue weighted by Gasteiger charge is 2.34. The SMILES string of the molecule is C=CC(=O)N1CC(N2CCN(CCNc3cc(CC)c(Cl)cc3O)CC2)C1. The topological polar surface area (TPSA) is 59.1 Å². The Balaban J connectivity index is 1.38. The molecule has 2 N–H and O–H groups in total. The third kappa shape index (κ3) is 4.75. The Morgan fingerprint density at radius 3 is 2.67 bits per heavy atom. The molecule has 0 saturated carbocycles. The Bertz CT molecular complexity index is 683. The standard InChI is InChI=1S/C20H29ClN4O2/c1-3-15-11-18(19(26)12-17(15)21)22-5-6-23-7-9-24(10-8-23)16-13-25(14-16)20(27)4-2/h4,11-12,16,22,26H,2-3,5-10,13-14H2,1H3. The third-order valence-corrected chi connectivity index (χ3v) is 5.91. The first-order valence-electron chi connectivity index (χ1n) is 9.64. The normalized spacial score (nSPS) is 19.0. The fraction of sp³-hybridized carbons (Fsp3) is 0.550. The zero-order valence-electron chi connectivity index (χ0n) is 16.0. The van der Waals surface area contributed by atoms with Gasteiger partial charge in [-0.25, -0.2) is 0 Å². The van der Waals surface area contributed by atoms with Crippen molar-refractivity contribution in [1.82, 2.24) is 14.7 Å². The summed E-state index contributed by atoms with van der Waals surface area (Å²) in [5.74, 6) is 0.235. The van der Waals surface area contributed by atoms with Crippen LogP contribution in [-0.4, -0.2) is 84.1 Å². The minimum atomic E-state index is 0.0349. The molecule has 7 heteroatoms. The van der Waals surface area contributed by atoms with Gasteiger partial charge in [-0.15, -0.1) is 0 Å². The number of likely N-dealkylation sites (tertiary alicyclic amines) is 1. The molecule has 0 spiro atoms. The largest absolute Gasteiger partial charge is 0.506 e. The van der Waals surface area contributed by atoms with Gasteiger partial charge in [-0.05, 0) is 24.1 Å². The molecule has 27 heavy (non-hydrogen) atoms. The Hall–Kier alpha value is -1.76. The van der Waals surface area contributed by atoms with E-state index in [4.69, 9.17) is 11.6 Å². The molecule has 0 aliphatic carbocycles. The van der Waals surface area contributed by atoms with Crippen molar-refractivity contribution in [3.63, 3.8) is 0 Å². The minimum Gasteiger partial charge on any atom is -0.506 e. The molecule has 2 saturated heterocycles. The van der Waals surface area contributed by atoms with Crippen molar-refractivity contribution in [2.24, 2.45) is 0 Å². The molecule has 6 nitrogen and oxygen atoms in total. The second-order valence-corrected chi connectivity index (χ2v) is 7.63. The fourth-order valence-corrected chi connectivity index (χ4v) is 4.01. The smallest absolute Gasteiger partial charge is 0.246 e. The van der Waals surface area contributed by atoms with Crippen LogP contribution in [0.15, 0.2) is 24.8 Å². The van der Waals surface area contributed by atoms with Crippen LogP contribution in [0.5, 0.6) is 5.75 Å². The van der Waals surface area contributed by atoms with Crippen LogP contribution in [0.3, 0.4) is 0 Å². The molecule has 2 aliphatic heterocycles. The second-order valence-electron chi connectivity index (χ2n) is 7.22. The zero-order chi connectivity index (χ0) is 19.4. The number of aromatic hydroxyl groups is 1. The first-order valence-corrected chi connectivity index (χ1v) is 10.0. The summed E-state index contributed by atoms with van der Waals surface area (Å²) < 4.78 is 0. The number of phenols is 1. The number of amides is 1. The van der Waals surface area contributed by atoms with Crippen LogP contribution >= 0.6 is 11.6 Å². The number of nitrogens with zero attached hydrogens (tertiary/aromatic N) is 3. The van der Waals surface area contributed by atoms with Crippen LogP contribution in [-0.2, 0) is 11.2 Å². The fourth-order valence-electron chi connectivity index (χ4n) is 3.72. The predicted molar refractivity (Wildman–Crippen MR) is 110 cm³/mol. The highest BCUT2D eigenvalue weighted by molar-refractivity contribution is 6.31. The van der Waals surface area contributed by atoms with Crippen molar-refractivity contribution in [3.05, 3.63) is 35.4 Å². The average molecular weight is 393 g/mol. The summed E-state index contributed by atoms with van der Waals surface area (Å²) >= 11 is 6.12. The number of nitrogens with one attached hydrogen (secondary N) is 1. The van der Waals surface area contributed by atoms with Gasteiger partial charge in [0.15, 0.2) is 0 Å². The van der Waals surface area contributed by atoms with E-state index in [2.05, 4.69) is 28.6 Å². The van der Waals surface area contributed by atoms with Gasteiger partial charge in [0, 0.05) is 69.5 Å². The number of halogens is 1. The molecule has 1 amide bonds. The van der Waals surface area contributed by atoms with E-state index in [9.17, 15) is 9.90 Å². The summed E-state index contributed by atoms with van der Waals surface area (Å²) in [6.07, 6.45) is 2.23. The molecule has 2 aliphatic rings. The van der Waals surface area contributed by atoms with Crippen LogP contribution in [0, 0.1) is 0 Å². The second kappa shape index (κ2) is 8.95. The number of phenolic OH excluding ortho intramolecular Hbond substituents is 1. The molecule has 0 radical (unpaired) electrons. The Morgan fingerprint density at radius 2 is 2.04 bits per heavy atom. The molecule has 2 heterocycles. The number of benzene rings is 1. The van der Waals surface area contributed by atoms with Crippen LogP contribution in [0.1, 0.15) is 12.5 Å². The molecule has 0 bridgehead atoms. The molecule has 0 atom stereocenters. The maximum Gasteiger partial charge on any atom is 0.246 e. The van der Waals surface area contributed by atoms with Gasteiger partial charge in [-0.2, -0.15) is 0 Å². The maximum atomic E-state index is 11.5. The Kier molecular flexibility index (Phi) is 6.63. The van der Waals surface area contributed by atoms with E-state index in [0.717, 1.165) is 70.0 Å². The summed E-state index contributed by atoms with van der Waals surface area (Å²) in [6.45, 7) is 13.1. The molecule has 1 aromatic rings. The number of hydrogen-bond donors (Lipinski definition) is 2. The first-order chi connectivity index (χ1) is 13.0. The summed E-state index contributed by atoms with van der Waals surface area (Å²) in [4.78, 5) is 18.3. The molecular formula is C20H29ClN4O2. The van der Waals surface area contributed by atoms with E-state index in [0.29, 0.717) is 11.1 Å². The molecule has 1 aromatic carbocycles. The lowest BCUT2D eigenvalue weighted by atomic mass is 10.1. The van der Waals surface area contributed by atoms with Crippen LogP contribution in [0.25, 0.3) is 0 Å². The van der Waals surface area contributed by atoms with Crippen LogP contribution in [0.4, 0.5) is 5.69 Å².